The molecule has 0 radical (unpaired) electrons. The normalized spacial score (nSPS) is 11.9. The molecule has 0 aliphatic heterocycles. The maximum Gasteiger partial charge on any atom is 0.334 e. The van der Waals surface area contributed by atoms with Crippen LogP contribution in [0.1, 0.15) is 39.3 Å². The molecule has 0 bridgehead atoms. The van der Waals surface area contributed by atoms with Crippen LogP contribution in [-0.2, 0) is 7.05 Å². The predicted octanol–water partition coefficient (Wildman–Crippen LogP) is 1.63. The summed E-state index contributed by atoms with van der Waals surface area (Å²) in [7, 11) is 1.64. The van der Waals surface area contributed by atoms with Gasteiger partial charge in [0.2, 0.25) is 5.82 Å². The van der Waals surface area contributed by atoms with Crippen molar-refractivity contribution in [3.8, 4) is 0 Å². The topological polar surface area (TPSA) is 93.2 Å². The summed E-state index contributed by atoms with van der Waals surface area (Å²) in [5.74, 6) is 0.292. The van der Waals surface area contributed by atoms with Gasteiger partial charge in [0, 0.05) is 19.5 Å². The van der Waals surface area contributed by atoms with Gasteiger partial charge in [-0.05, 0) is 13.8 Å². The number of aryl methyl sites for hydroxylation is 1. The Hall–Kier alpha value is -1.63. The Balaban J connectivity index is 3.14. The minimum atomic E-state index is -0.948. The Morgan fingerprint density at radius 1 is 1.56 bits per heavy atom. The van der Waals surface area contributed by atoms with E-state index in [1.807, 2.05) is 13.8 Å². The van der Waals surface area contributed by atoms with E-state index in [2.05, 4.69) is 10.4 Å². The Bertz CT molecular complexity index is 446. The van der Waals surface area contributed by atoms with Gasteiger partial charge in [-0.2, -0.15) is 5.10 Å². The van der Waals surface area contributed by atoms with Crippen molar-refractivity contribution < 1.29 is 10.0 Å². The smallest absolute Gasteiger partial charge is 0.334 e. The number of anilines is 1. The van der Waals surface area contributed by atoms with Gasteiger partial charge in [0.15, 0.2) is 0 Å². The lowest BCUT2D eigenvalue weighted by molar-refractivity contribution is -0.384. The molecular formula is C11H20N4O3. The SMILES string of the molecule is CC(C)c1nn(C)c(NCC(C)(C)O)c1[N+](=O)[O-]. The van der Waals surface area contributed by atoms with Crippen LogP contribution in [0.2, 0.25) is 0 Å². The molecule has 18 heavy (non-hydrogen) atoms. The second kappa shape index (κ2) is 4.93. The van der Waals surface area contributed by atoms with Gasteiger partial charge in [-0.1, -0.05) is 13.8 Å². The Morgan fingerprint density at radius 3 is 2.50 bits per heavy atom. The highest BCUT2D eigenvalue weighted by molar-refractivity contribution is 5.60. The third kappa shape index (κ3) is 3.19. The van der Waals surface area contributed by atoms with E-state index in [0.717, 1.165) is 0 Å². The molecule has 0 unspecified atom stereocenters. The van der Waals surface area contributed by atoms with Crippen molar-refractivity contribution >= 4 is 11.5 Å². The van der Waals surface area contributed by atoms with Crippen molar-refractivity contribution in [3.63, 3.8) is 0 Å². The monoisotopic (exact) mass is 256 g/mol. The second-order valence-corrected chi connectivity index (χ2v) is 5.28. The quantitative estimate of drug-likeness (QED) is 0.617. The number of nitro groups is 1. The van der Waals surface area contributed by atoms with Crippen molar-refractivity contribution in [2.75, 3.05) is 11.9 Å². The molecule has 102 valence electrons. The van der Waals surface area contributed by atoms with Crippen LogP contribution in [0.4, 0.5) is 11.5 Å². The highest BCUT2D eigenvalue weighted by atomic mass is 16.6. The van der Waals surface area contributed by atoms with Crippen LogP contribution >= 0.6 is 0 Å². The Labute approximate surface area is 106 Å². The first-order chi connectivity index (χ1) is 8.13. The molecule has 0 aliphatic rings. The summed E-state index contributed by atoms with van der Waals surface area (Å²) in [5.41, 5.74) is -0.520. The summed E-state index contributed by atoms with van der Waals surface area (Å²) >= 11 is 0. The van der Waals surface area contributed by atoms with Crippen molar-refractivity contribution in [2.24, 2.45) is 7.05 Å². The Kier molecular flexibility index (Phi) is 3.95. The molecule has 2 N–H and O–H groups in total. The van der Waals surface area contributed by atoms with Gasteiger partial charge >= 0.3 is 5.69 Å². The standard InChI is InChI=1S/C11H20N4O3/c1-7(2)8-9(15(17)18)10(14(5)13-8)12-6-11(3,4)16/h7,12,16H,6H2,1-5H3. The number of hydrogen-bond acceptors (Lipinski definition) is 5. The lowest BCUT2D eigenvalue weighted by atomic mass is 10.1. The van der Waals surface area contributed by atoms with Gasteiger partial charge in [-0.3, -0.25) is 10.1 Å². The van der Waals surface area contributed by atoms with Crippen molar-refractivity contribution in [1.82, 2.24) is 9.78 Å². The third-order valence-corrected chi connectivity index (χ3v) is 2.47. The van der Waals surface area contributed by atoms with Crippen molar-refractivity contribution in [3.05, 3.63) is 15.8 Å². The molecular weight excluding hydrogens is 236 g/mol. The van der Waals surface area contributed by atoms with E-state index in [4.69, 9.17) is 0 Å². The van der Waals surface area contributed by atoms with Crippen molar-refractivity contribution in [2.45, 2.75) is 39.2 Å². The Morgan fingerprint density at radius 2 is 2.11 bits per heavy atom. The van der Waals surface area contributed by atoms with Gasteiger partial charge in [0.25, 0.3) is 0 Å². The molecule has 1 rings (SSSR count). The first-order valence-electron chi connectivity index (χ1n) is 5.81. The van der Waals surface area contributed by atoms with Crippen LogP contribution in [-0.4, -0.2) is 32.0 Å². The lowest BCUT2D eigenvalue weighted by Gasteiger charge is -2.18. The zero-order chi connectivity index (χ0) is 14.1. The van der Waals surface area contributed by atoms with E-state index >= 15 is 0 Å². The molecule has 0 atom stereocenters. The fourth-order valence-corrected chi connectivity index (χ4v) is 1.60. The summed E-state index contributed by atoms with van der Waals surface area (Å²) in [6.45, 7) is 7.19. The maximum absolute atomic E-state index is 11.1. The van der Waals surface area contributed by atoms with Crippen LogP contribution in [0.15, 0.2) is 0 Å². The van der Waals surface area contributed by atoms with Crippen molar-refractivity contribution in [1.29, 1.82) is 0 Å². The molecule has 7 nitrogen and oxygen atoms in total. The van der Waals surface area contributed by atoms with Crippen LogP contribution in [0, 0.1) is 10.1 Å². The first-order valence-corrected chi connectivity index (χ1v) is 5.81. The van der Waals surface area contributed by atoms with Gasteiger partial charge < -0.3 is 10.4 Å². The number of rotatable bonds is 5. The summed E-state index contributed by atoms with van der Waals surface area (Å²) in [4.78, 5) is 10.7. The summed E-state index contributed by atoms with van der Waals surface area (Å²) in [5, 5.41) is 27.8. The molecule has 0 saturated heterocycles. The molecule has 1 aromatic rings. The second-order valence-electron chi connectivity index (χ2n) is 5.28. The molecule has 0 amide bonds. The van der Waals surface area contributed by atoms with E-state index < -0.39 is 10.5 Å². The van der Waals surface area contributed by atoms with Gasteiger partial charge in [-0.15, -0.1) is 0 Å². The zero-order valence-electron chi connectivity index (χ0n) is 11.4. The molecule has 0 fully saturated rings. The highest BCUT2D eigenvalue weighted by Gasteiger charge is 2.29. The van der Waals surface area contributed by atoms with E-state index in [1.54, 1.807) is 20.9 Å². The number of aliphatic hydroxyl groups is 1. The van der Waals surface area contributed by atoms with Gasteiger partial charge in [-0.25, -0.2) is 4.68 Å². The van der Waals surface area contributed by atoms with E-state index in [0.29, 0.717) is 11.5 Å². The fourth-order valence-electron chi connectivity index (χ4n) is 1.60. The third-order valence-electron chi connectivity index (χ3n) is 2.47. The fraction of sp³-hybridized carbons (Fsp3) is 0.727. The minimum absolute atomic E-state index is 0.0169. The van der Waals surface area contributed by atoms with Crippen LogP contribution in [0.25, 0.3) is 0 Å². The van der Waals surface area contributed by atoms with E-state index in [-0.39, 0.29) is 18.2 Å². The summed E-state index contributed by atoms with van der Waals surface area (Å²) in [6.07, 6.45) is 0. The molecule has 0 spiro atoms. The van der Waals surface area contributed by atoms with E-state index in [1.165, 1.54) is 4.68 Å². The predicted molar refractivity (Wildman–Crippen MR) is 68.7 cm³/mol. The van der Waals surface area contributed by atoms with Crippen LogP contribution in [0.5, 0.6) is 0 Å². The average Bonchev–Trinajstić information content (AvgIpc) is 2.51. The molecule has 7 heteroatoms. The first kappa shape index (κ1) is 14.4. The molecule has 0 aliphatic carbocycles. The number of nitrogens with one attached hydrogen (secondary N) is 1. The number of nitrogens with zero attached hydrogens (tertiary/aromatic N) is 3. The van der Waals surface area contributed by atoms with Gasteiger partial charge in [0.1, 0.15) is 5.69 Å². The number of aromatic nitrogens is 2. The number of hydrogen-bond donors (Lipinski definition) is 2. The molecule has 0 aromatic carbocycles. The average molecular weight is 256 g/mol. The zero-order valence-corrected chi connectivity index (χ0v) is 11.4. The summed E-state index contributed by atoms with van der Waals surface area (Å²) < 4.78 is 1.44. The lowest BCUT2D eigenvalue weighted by Crippen LogP contribution is -2.30. The maximum atomic E-state index is 11.1. The largest absolute Gasteiger partial charge is 0.389 e. The van der Waals surface area contributed by atoms with Crippen LogP contribution in [0.3, 0.4) is 0 Å². The van der Waals surface area contributed by atoms with Crippen LogP contribution < -0.4 is 5.32 Å². The summed E-state index contributed by atoms with van der Waals surface area (Å²) in [6, 6.07) is 0. The highest BCUT2D eigenvalue weighted by Crippen LogP contribution is 2.32. The van der Waals surface area contributed by atoms with E-state index in [9.17, 15) is 15.2 Å². The molecule has 1 aromatic heterocycles. The minimum Gasteiger partial charge on any atom is -0.389 e. The van der Waals surface area contributed by atoms with Gasteiger partial charge in [0.05, 0.1) is 10.5 Å². The molecule has 1 heterocycles. The molecule has 0 saturated carbocycles.